The Hall–Kier alpha value is -2.37. The van der Waals surface area contributed by atoms with Crippen LogP contribution in [0.4, 0.5) is 4.39 Å². The van der Waals surface area contributed by atoms with Crippen LogP contribution in [-0.4, -0.2) is 16.7 Å². The lowest BCUT2D eigenvalue weighted by Gasteiger charge is -2.06. The summed E-state index contributed by atoms with van der Waals surface area (Å²) in [5, 5.41) is 0. The topological polar surface area (TPSA) is 64.1 Å². The molecule has 1 heterocycles. The van der Waals surface area contributed by atoms with Gasteiger partial charge in [0.2, 0.25) is 0 Å². The minimum absolute atomic E-state index is 0.0756. The van der Waals surface area contributed by atoms with Crippen molar-refractivity contribution < 1.29 is 9.13 Å². The molecule has 2 aromatic rings. The number of benzene rings is 1. The van der Waals surface area contributed by atoms with Crippen LogP contribution in [0.1, 0.15) is 0 Å². The van der Waals surface area contributed by atoms with E-state index in [1.54, 1.807) is 0 Å². The molecule has 0 fully saturated rings. The van der Waals surface area contributed by atoms with Crippen LogP contribution in [0, 0.1) is 5.82 Å². The van der Waals surface area contributed by atoms with Gasteiger partial charge in [-0.1, -0.05) is 0 Å². The first kappa shape index (κ1) is 11.1. The molecule has 2 rings (SSSR count). The van der Waals surface area contributed by atoms with Crippen molar-refractivity contribution >= 4 is 0 Å². The number of aromatic nitrogens is 2. The second-order valence-corrected chi connectivity index (χ2v) is 3.28. The van der Waals surface area contributed by atoms with E-state index in [0.717, 1.165) is 10.6 Å². The summed E-state index contributed by atoms with van der Waals surface area (Å²) < 4.78 is 19.3. The van der Waals surface area contributed by atoms with Crippen molar-refractivity contribution in [3.63, 3.8) is 0 Å². The van der Waals surface area contributed by atoms with E-state index >= 15 is 0 Å². The molecule has 0 bridgehead atoms. The summed E-state index contributed by atoms with van der Waals surface area (Å²) in [6.07, 6.45) is 2.66. The van der Waals surface area contributed by atoms with Gasteiger partial charge in [-0.3, -0.25) is 14.2 Å². The number of methoxy groups -OCH3 is 1. The van der Waals surface area contributed by atoms with Gasteiger partial charge >= 0.3 is 11.1 Å². The number of hydrogen-bond acceptors (Lipinski definition) is 3. The predicted molar refractivity (Wildman–Crippen MR) is 59.2 cm³/mol. The number of nitrogens with zero attached hydrogens (tertiary/aromatic N) is 1. The number of aromatic amines is 1. The lowest BCUT2D eigenvalue weighted by molar-refractivity contribution is 0.386. The van der Waals surface area contributed by atoms with Crippen molar-refractivity contribution in [2.24, 2.45) is 0 Å². The van der Waals surface area contributed by atoms with E-state index in [1.807, 2.05) is 0 Å². The van der Waals surface area contributed by atoms with Gasteiger partial charge in [0.1, 0.15) is 0 Å². The molecule has 0 atom stereocenters. The summed E-state index contributed by atoms with van der Waals surface area (Å²) in [6.45, 7) is 0. The van der Waals surface area contributed by atoms with Crippen molar-refractivity contribution in [1.29, 1.82) is 0 Å². The van der Waals surface area contributed by atoms with Crippen LogP contribution in [0.25, 0.3) is 5.69 Å². The molecule has 0 radical (unpaired) electrons. The molecule has 0 aliphatic rings. The third kappa shape index (κ3) is 1.96. The molecular formula is C11H9FN2O3. The fourth-order valence-electron chi connectivity index (χ4n) is 1.43. The molecule has 0 saturated carbocycles. The monoisotopic (exact) mass is 236 g/mol. The molecule has 1 aromatic heterocycles. The quantitative estimate of drug-likeness (QED) is 0.779. The molecule has 1 aromatic carbocycles. The van der Waals surface area contributed by atoms with E-state index in [1.165, 1.54) is 31.6 Å². The standard InChI is InChI=1S/C11H9FN2O3/c1-17-9-3-2-7(6-8(9)12)14-5-4-13-10(15)11(14)16/h2-6H,1H3,(H,13,15). The van der Waals surface area contributed by atoms with E-state index in [9.17, 15) is 14.0 Å². The minimum Gasteiger partial charge on any atom is -0.494 e. The molecule has 0 unspecified atom stereocenters. The Balaban J connectivity index is 2.62. The second-order valence-electron chi connectivity index (χ2n) is 3.28. The zero-order valence-corrected chi connectivity index (χ0v) is 8.94. The van der Waals surface area contributed by atoms with Crippen LogP contribution < -0.4 is 15.9 Å². The van der Waals surface area contributed by atoms with Gasteiger partial charge < -0.3 is 9.72 Å². The Morgan fingerprint density at radius 1 is 1.35 bits per heavy atom. The summed E-state index contributed by atoms with van der Waals surface area (Å²) in [7, 11) is 1.34. The molecule has 17 heavy (non-hydrogen) atoms. The van der Waals surface area contributed by atoms with Crippen LogP contribution in [0.5, 0.6) is 5.75 Å². The summed E-state index contributed by atoms with van der Waals surface area (Å²) in [5.41, 5.74) is -1.26. The van der Waals surface area contributed by atoms with E-state index < -0.39 is 16.9 Å². The molecule has 0 aliphatic carbocycles. The molecule has 88 valence electrons. The molecule has 5 nitrogen and oxygen atoms in total. The third-order valence-electron chi connectivity index (χ3n) is 2.26. The Bertz CT molecular complexity index is 660. The largest absolute Gasteiger partial charge is 0.494 e. The van der Waals surface area contributed by atoms with Gasteiger partial charge in [0.05, 0.1) is 12.8 Å². The Morgan fingerprint density at radius 3 is 2.76 bits per heavy atom. The van der Waals surface area contributed by atoms with Gasteiger partial charge in [0.25, 0.3) is 0 Å². The average Bonchev–Trinajstić information content (AvgIpc) is 2.32. The van der Waals surface area contributed by atoms with Crippen LogP contribution in [-0.2, 0) is 0 Å². The highest BCUT2D eigenvalue weighted by atomic mass is 19.1. The van der Waals surface area contributed by atoms with Crippen molar-refractivity contribution in [2.45, 2.75) is 0 Å². The van der Waals surface area contributed by atoms with Gasteiger partial charge in [-0.05, 0) is 12.1 Å². The predicted octanol–water partition coefficient (Wildman–Crippen LogP) is 0.673. The van der Waals surface area contributed by atoms with Crippen molar-refractivity contribution in [2.75, 3.05) is 7.11 Å². The fourth-order valence-corrected chi connectivity index (χ4v) is 1.43. The van der Waals surface area contributed by atoms with Gasteiger partial charge in [0.15, 0.2) is 11.6 Å². The fraction of sp³-hybridized carbons (Fsp3) is 0.0909. The van der Waals surface area contributed by atoms with Crippen LogP contribution in [0.15, 0.2) is 40.2 Å². The zero-order chi connectivity index (χ0) is 12.4. The summed E-state index contributed by atoms with van der Waals surface area (Å²) >= 11 is 0. The number of nitrogens with one attached hydrogen (secondary N) is 1. The lowest BCUT2D eigenvalue weighted by atomic mass is 10.3. The Morgan fingerprint density at radius 2 is 2.12 bits per heavy atom. The van der Waals surface area contributed by atoms with E-state index in [-0.39, 0.29) is 11.4 Å². The summed E-state index contributed by atoms with van der Waals surface area (Å²) in [6, 6.07) is 4.00. The molecule has 0 spiro atoms. The van der Waals surface area contributed by atoms with Gasteiger partial charge in [0, 0.05) is 18.5 Å². The Labute approximate surface area is 95.1 Å². The highest BCUT2D eigenvalue weighted by molar-refractivity contribution is 5.38. The first-order chi connectivity index (χ1) is 8.13. The first-order valence-electron chi connectivity index (χ1n) is 4.78. The first-order valence-corrected chi connectivity index (χ1v) is 4.78. The number of rotatable bonds is 2. The molecule has 0 saturated heterocycles. The SMILES string of the molecule is COc1ccc(-n2cc[nH]c(=O)c2=O)cc1F. The molecule has 0 aliphatic heterocycles. The maximum absolute atomic E-state index is 13.4. The van der Waals surface area contributed by atoms with Gasteiger partial charge in [-0.25, -0.2) is 4.39 Å². The minimum atomic E-state index is -0.767. The normalized spacial score (nSPS) is 10.2. The van der Waals surface area contributed by atoms with Crippen LogP contribution >= 0.6 is 0 Å². The lowest BCUT2D eigenvalue weighted by Crippen LogP contribution is -2.34. The number of hydrogen-bond donors (Lipinski definition) is 1. The van der Waals surface area contributed by atoms with E-state index in [0.29, 0.717) is 0 Å². The van der Waals surface area contributed by atoms with Crippen molar-refractivity contribution in [1.82, 2.24) is 9.55 Å². The maximum atomic E-state index is 13.4. The van der Waals surface area contributed by atoms with Crippen LogP contribution in [0.2, 0.25) is 0 Å². The van der Waals surface area contributed by atoms with Crippen molar-refractivity contribution in [3.8, 4) is 11.4 Å². The highest BCUT2D eigenvalue weighted by Crippen LogP contribution is 2.18. The summed E-state index contributed by atoms with van der Waals surface area (Å²) in [5.74, 6) is -0.524. The van der Waals surface area contributed by atoms with E-state index in [2.05, 4.69) is 4.98 Å². The maximum Gasteiger partial charge on any atom is 0.320 e. The molecule has 0 amide bonds. The zero-order valence-electron chi connectivity index (χ0n) is 8.94. The van der Waals surface area contributed by atoms with Gasteiger partial charge in [-0.15, -0.1) is 0 Å². The molecule has 1 N–H and O–H groups in total. The second kappa shape index (κ2) is 4.25. The average molecular weight is 236 g/mol. The third-order valence-corrected chi connectivity index (χ3v) is 2.26. The molecule has 6 heteroatoms. The smallest absolute Gasteiger partial charge is 0.320 e. The summed E-state index contributed by atoms with van der Waals surface area (Å²) in [4.78, 5) is 24.9. The highest BCUT2D eigenvalue weighted by Gasteiger charge is 2.07. The van der Waals surface area contributed by atoms with Gasteiger partial charge in [-0.2, -0.15) is 0 Å². The van der Waals surface area contributed by atoms with Crippen LogP contribution in [0.3, 0.4) is 0 Å². The number of halogens is 1. The van der Waals surface area contributed by atoms with Crippen molar-refractivity contribution in [3.05, 3.63) is 57.1 Å². The Kier molecular flexibility index (Phi) is 2.78. The number of ether oxygens (including phenoxy) is 1. The number of H-pyrrole nitrogens is 1. The van der Waals surface area contributed by atoms with E-state index in [4.69, 9.17) is 4.74 Å². The molecular weight excluding hydrogens is 227 g/mol.